The Morgan fingerprint density at radius 3 is 1.75 bits per heavy atom. The second-order valence-electron chi connectivity index (χ2n) is 13.8. The molecule has 1 aromatic heterocycles. The quantitative estimate of drug-likeness (QED) is 0.179. The van der Waals surface area contributed by atoms with Crippen LogP contribution in [0.15, 0.2) is 96.2 Å². The molecular formula is C33H46N4O4SSi2. The maximum absolute atomic E-state index is 13.8. The molecule has 44 heavy (non-hydrogen) atoms. The first kappa shape index (κ1) is 33.9. The molecule has 1 heterocycles. The Morgan fingerprint density at radius 1 is 0.773 bits per heavy atom. The average molecular weight is 651 g/mol. The fraction of sp³-hybridized carbons (Fsp3) is 0.424. The number of aromatic nitrogens is 4. The van der Waals surface area contributed by atoms with Crippen molar-refractivity contribution >= 4 is 36.8 Å². The molecule has 0 saturated heterocycles. The van der Waals surface area contributed by atoms with Gasteiger partial charge in [-0.05, 0) is 62.5 Å². The summed E-state index contributed by atoms with van der Waals surface area (Å²) in [6.07, 6.45) is -0.269. The summed E-state index contributed by atoms with van der Waals surface area (Å²) in [5.41, 5.74) is 0.581. The lowest BCUT2D eigenvalue weighted by Crippen LogP contribution is -2.68. The van der Waals surface area contributed by atoms with Gasteiger partial charge in [-0.2, -0.15) is 4.68 Å². The van der Waals surface area contributed by atoms with Crippen LogP contribution >= 0.6 is 0 Å². The van der Waals surface area contributed by atoms with Crippen LogP contribution in [0.4, 0.5) is 0 Å². The van der Waals surface area contributed by atoms with Gasteiger partial charge in [-0.25, -0.2) is 8.42 Å². The molecule has 0 aliphatic carbocycles. The first-order chi connectivity index (χ1) is 20.6. The molecule has 1 atom stereocenters. The summed E-state index contributed by atoms with van der Waals surface area (Å²) in [5, 5.41) is 13.4. The number of tetrazole rings is 1. The Kier molecular flexibility index (Phi) is 10.2. The molecular weight excluding hydrogens is 605 g/mol. The van der Waals surface area contributed by atoms with E-state index in [1.54, 1.807) is 12.1 Å². The molecule has 8 nitrogen and oxygen atoms in total. The fourth-order valence-electron chi connectivity index (χ4n) is 5.12. The lowest BCUT2D eigenvalue weighted by Gasteiger charge is -2.46. The summed E-state index contributed by atoms with van der Waals surface area (Å²) in [7, 11) is -9.04. The third kappa shape index (κ3) is 7.29. The van der Waals surface area contributed by atoms with Crippen molar-refractivity contribution in [1.82, 2.24) is 20.2 Å². The lowest BCUT2D eigenvalue weighted by molar-refractivity contribution is 0.109. The summed E-state index contributed by atoms with van der Waals surface area (Å²) in [6.45, 7) is 18.0. The number of hydrogen-bond acceptors (Lipinski definition) is 7. The van der Waals surface area contributed by atoms with Gasteiger partial charge >= 0.3 is 0 Å². The summed E-state index contributed by atoms with van der Waals surface area (Å²) < 4.78 is 43.1. The minimum absolute atomic E-state index is 0.0151. The number of sulfone groups is 1. The van der Waals surface area contributed by atoms with Crippen molar-refractivity contribution in [3.63, 3.8) is 0 Å². The van der Waals surface area contributed by atoms with E-state index in [0.29, 0.717) is 12.3 Å². The molecule has 0 fully saturated rings. The maximum Gasteiger partial charge on any atom is 0.272 e. The molecule has 0 bridgehead atoms. The molecule has 0 spiro atoms. The van der Waals surface area contributed by atoms with Gasteiger partial charge in [-0.15, -0.1) is 0 Å². The Labute approximate surface area is 265 Å². The highest BCUT2D eigenvalue weighted by Crippen LogP contribution is 2.39. The van der Waals surface area contributed by atoms with Gasteiger partial charge in [-0.1, -0.05) is 126 Å². The van der Waals surface area contributed by atoms with Crippen molar-refractivity contribution in [2.24, 2.45) is 0 Å². The molecule has 0 saturated carbocycles. The number of nitrogens with zero attached hydrogens (tertiary/aromatic N) is 4. The van der Waals surface area contributed by atoms with E-state index in [4.69, 9.17) is 8.85 Å². The second-order valence-corrected chi connectivity index (χ2v) is 24.9. The van der Waals surface area contributed by atoms with Crippen LogP contribution in [0.1, 0.15) is 48.0 Å². The molecule has 0 unspecified atom stereocenters. The van der Waals surface area contributed by atoms with Gasteiger partial charge in [0, 0.05) is 0 Å². The third-order valence-corrected chi connectivity index (χ3v) is 19.8. The Bertz CT molecular complexity index is 1560. The van der Waals surface area contributed by atoms with E-state index in [1.165, 1.54) is 4.68 Å². The van der Waals surface area contributed by atoms with Gasteiger partial charge in [0.1, 0.15) is 0 Å². The minimum atomic E-state index is -3.88. The van der Waals surface area contributed by atoms with Gasteiger partial charge in [0.05, 0.1) is 24.2 Å². The summed E-state index contributed by atoms with van der Waals surface area (Å²) in [6, 6.07) is 29.8. The normalized spacial score (nSPS) is 14.0. The van der Waals surface area contributed by atoms with Gasteiger partial charge in [0.2, 0.25) is 9.84 Å². The van der Waals surface area contributed by atoms with Crippen LogP contribution in [-0.4, -0.2) is 63.7 Å². The van der Waals surface area contributed by atoms with Crippen molar-refractivity contribution in [1.29, 1.82) is 0 Å². The highest BCUT2D eigenvalue weighted by Gasteiger charge is 2.52. The highest BCUT2D eigenvalue weighted by molar-refractivity contribution is 7.91. The molecule has 4 aromatic rings. The fourth-order valence-corrected chi connectivity index (χ4v) is 12.2. The standard InChI is InChI=1S/C33H46N4O4SSi2/c1-32(2,3)43(7,8)40-26-28(24-25-42(38,39)31-34-35-36-37(31)27-18-12-9-13-19-27)41-44(33(4,5)6,29-20-14-10-15-21-29)30-22-16-11-17-23-30/h9-23,28H,24-26H2,1-8H3/t28-/m1/s1. The van der Waals surface area contributed by atoms with E-state index in [9.17, 15) is 8.42 Å². The Hall–Kier alpha value is -2.97. The van der Waals surface area contributed by atoms with Crippen molar-refractivity contribution in [2.75, 3.05) is 12.4 Å². The smallest absolute Gasteiger partial charge is 0.272 e. The zero-order chi connectivity index (χ0) is 32.2. The van der Waals surface area contributed by atoms with Crippen LogP contribution < -0.4 is 10.4 Å². The van der Waals surface area contributed by atoms with Crippen molar-refractivity contribution in [2.45, 2.75) is 82.4 Å². The van der Waals surface area contributed by atoms with Crippen LogP contribution in [0.3, 0.4) is 0 Å². The SMILES string of the molecule is CC(C)(C)[Si](C)(C)OC[C@@H](CCS(=O)(=O)c1nnnn1-c1ccccc1)O[Si](c1ccccc1)(c1ccccc1)C(C)(C)C. The molecule has 0 aliphatic rings. The Balaban J connectivity index is 1.75. The summed E-state index contributed by atoms with van der Waals surface area (Å²) >= 11 is 0. The number of rotatable bonds is 12. The van der Waals surface area contributed by atoms with Gasteiger partial charge in [0.15, 0.2) is 8.32 Å². The monoisotopic (exact) mass is 650 g/mol. The first-order valence-corrected chi connectivity index (χ1v) is 21.5. The molecule has 3 aromatic carbocycles. The van der Waals surface area contributed by atoms with E-state index in [-0.39, 0.29) is 27.4 Å². The Morgan fingerprint density at radius 2 is 1.27 bits per heavy atom. The molecule has 0 aliphatic heterocycles. The lowest BCUT2D eigenvalue weighted by atomic mass is 10.2. The zero-order valence-corrected chi connectivity index (χ0v) is 30.0. The van der Waals surface area contributed by atoms with Gasteiger partial charge < -0.3 is 8.85 Å². The number of para-hydroxylation sites is 1. The van der Waals surface area contributed by atoms with E-state index < -0.39 is 32.6 Å². The van der Waals surface area contributed by atoms with E-state index >= 15 is 0 Å². The van der Waals surface area contributed by atoms with Gasteiger partial charge in [0.25, 0.3) is 13.5 Å². The zero-order valence-electron chi connectivity index (χ0n) is 27.2. The molecule has 0 radical (unpaired) electrons. The predicted molar refractivity (Wildman–Crippen MR) is 181 cm³/mol. The van der Waals surface area contributed by atoms with Crippen LogP contribution in [0, 0.1) is 0 Å². The molecule has 0 N–H and O–H groups in total. The van der Waals surface area contributed by atoms with Crippen LogP contribution in [-0.2, 0) is 18.7 Å². The summed E-state index contributed by atoms with van der Waals surface area (Å²) in [4.78, 5) is 0. The number of benzene rings is 3. The molecule has 0 amide bonds. The van der Waals surface area contributed by atoms with Gasteiger partial charge in [-0.3, -0.25) is 0 Å². The van der Waals surface area contributed by atoms with Crippen LogP contribution in [0.2, 0.25) is 23.2 Å². The van der Waals surface area contributed by atoms with E-state index in [1.807, 2.05) is 54.6 Å². The topological polar surface area (TPSA) is 96.2 Å². The number of hydrogen-bond donors (Lipinski definition) is 0. The minimum Gasteiger partial charge on any atom is -0.414 e. The van der Waals surface area contributed by atoms with Crippen LogP contribution in [0.5, 0.6) is 0 Å². The molecule has 11 heteroatoms. The van der Waals surface area contributed by atoms with E-state index in [0.717, 1.165) is 10.4 Å². The summed E-state index contributed by atoms with van der Waals surface area (Å²) in [5.74, 6) is -0.191. The first-order valence-electron chi connectivity index (χ1n) is 15.1. The maximum atomic E-state index is 13.8. The van der Waals surface area contributed by atoms with Crippen molar-refractivity contribution in [3.05, 3.63) is 91.0 Å². The molecule has 4 rings (SSSR count). The highest BCUT2D eigenvalue weighted by atomic mass is 32.2. The van der Waals surface area contributed by atoms with Crippen molar-refractivity contribution < 1.29 is 17.3 Å². The predicted octanol–water partition coefficient (Wildman–Crippen LogP) is 5.79. The van der Waals surface area contributed by atoms with Crippen LogP contribution in [0.25, 0.3) is 5.69 Å². The third-order valence-electron chi connectivity index (χ3n) is 8.62. The molecule has 236 valence electrons. The van der Waals surface area contributed by atoms with Crippen molar-refractivity contribution in [3.8, 4) is 5.69 Å². The van der Waals surface area contributed by atoms with E-state index in [2.05, 4.69) is 94.4 Å². The average Bonchev–Trinajstić information content (AvgIpc) is 3.48. The second kappa shape index (κ2) is 13.2. The largest absolute Gasteiger partial charge is 0.414 e.